The number of rotatable bonds is 4. The van der Waals surface area contributed by atoms with Crippen LogP contribution in [-0.4, -0.2) is 10.9 Å². The Hall–Kier alpha value is -1.57. The Morgan fingerprint density at radius 3 is 3.05 bits per heavy atom. The number of carbonyl (C=O) groups is 1. The molecule has 1 aromatic heterocycles. The molecule has 19 heavy (non-hydrogen) atoms. The van der Waals surface area contributed by atoms with E-state index in [1.54, 1.807) is 11.8 Å². The lowest BCUT2D eigenvalue weighted by atomic mass is 10.2. The number of nitrogens with two attached hydrogens (primary N) is 2. The van der Waals surface area contributed by atoms with Crippen molar-refractivity contribution in [2.24, 2.45) is 5.84 Å². The van der Waals surface area contributed by atoms with E-state index in [4.69, 9.17) is 11.6 Å². The summed E-state index contributed by atoms with van der Waals surface area (Å²) in [4.78, 5) is 16.5. The molecule has 7 heteroatoms. The number of nitrogen functional groups attached to an aromatic ring is 2. The van der Waals surface area contributed by atoms with Crippen molar-refractivity contribution < 1.29 is 4.79 Å². The molecule has 2 rings (SSSR count). The molecule has 5 N–H and O–H groups in total. The van der Waals surface area contributed by atoms with Gasteiger partial charge in [0.05, 0.1) is 5.69 Å². The molecule has 0 fully saturated rings. The van der Waals surface area contributed by atoms with Gasteiger partial charge in [-0.1, -0.05) is 6.07 Å². The van der Waals surface area contributed by atoms with Gasteiger partial charge in [0, 0.05) is 21.7 Å². The van der Waals surface area contributed by atoms with Gasteiger partial charge in [0.2, 0.25) is 0 Å². The van der Waals surface area contributed by atoms with E-state index in [-0.39, 0.29) is 5.91 Å². The van der Waals surface area contributed by atoms with E-state index >= 15 is 0 Å². The maximum Gasteiger partial charge on any atom is 0.294 e. The number of thioether (sulfide) groups is 1. The highest BCUT2D eigenvalue weighted by atomic mass is 32.2. The molecule has 1 heterocycles. The number of carbonyl (C=O) groups excluding carboxylic acids is 1. The molecule has 100 valence electrons. The van der Waals surface area contributed by atoms with Gasteiger partial charge in [-0.05, 0) is 24.6 Å². The second-order valence-corrected chi connectivity index (χ2v) is 5.82. The molecule has 0 aliphatic rings. The average Bonchev–Trinajstić information content (AvgIpc) is 2.88. The number of hydrogen-bond donors (Lipinski definition) is 3. The Labute approximate surface area is 119 Å². The first kappa shape index (κ1) is 13.9. The Balaban J connectivity index is 2.04. The number of nitrogens with zero attached hydrogens (tertiary/aromatic N) is 1. The smallest absolute Gasteiger partial charge is 0.294 e. The van der Waals surface area contributed by atoms with E-state index in [1.165, 1.54) is 11.3 Å². The molecule has 0 saturated heterocycles. The fraction of sp³-hybridized carbons (Fsp3) is 0.167. The van der Waals surface area contributed by atoms with Crippen molar-refractivity contribution in [2.45, 2.75) is 17.6 Å². The summed E-state index contributed by atoms with van der Waals surface area (Å²) in [6.45, 7) is 2.02. The molecule has 0 bridgehead atoms. The summed E-state index contributed by atoms with van der Waals surface area (Å²) in [7, 11) is 0. The molecule has 0 aliphatic carbocycles. The topological polar surface area (TPSA) is 94.0 Å². The fourth-order valence-electron chi connectivity index (χ4n) is 1.46. The summed E-state index contributed by atoms with van der Waals surface area (Å²) in [6.07, 6.45) is 0. The van der Waals surface area contributed by atoms with Crippen LogP contribution >= 0.6 is 23.1 Å². The maximum absolute atomic E-state index is 11.3. The largest absolute Gasteiger partial charge is 0.398 e. The van der Waals surface area contributed by atoms with Crippen molar-refractivity contribution in [1.82, 2.24) is 10.4 Å². The number of hydrogen-bond acceptors (Lipinski definition) is 6. The first-order valence-electron chi connectivity index (χ1n) is 5.54. The molecular weight excluding hydrogens is 280 g/mol. The molecule has 0 radical (unpaired) electrons. The summed E-state index contributed by atoms with van der Waals surface area (Å²) in [6, 6.07) is 5.91. The monoisotopic (exact) mass is 294 g/mol. The second kappa shape index (κ2) is 6.05. The molecule has 0 saturated carbocycles. The Morgan fingerprint density at radius 1 is 1.53 bits per heavy atom. The number of benzene rings is 1. The number of thiazole rings is 1. The number of aryl methyl sites for hydroxylation is 1. The zero-order chi connectivity index (χ0) is 13.8. The van der Waals surface area contributed by atoms with Crippen LogP contribution in [0.5, 0.6) is 0 Å². The average molecular weight is 294 g/mol. The van der Waals surface area contributed by atoms with Gasteiger partial charge >= 0.3 is 0 Å². The molecule has 0 spiro atoms. The molecule has 2 aromatic rings. The molecular formula is C12H14N4OS2. The lowest BCUT2D eigenvalue weighted by molar-refractivity contribution is 0.0953. The summed E-state index contributed by atoms with van der Waals surface area (Å²) in [5.41, 5.74) is 10.7. The number of hydrazine groups is 1. The number of amides is 1. The van der Waals surface area contributed by atoms with Crippen LogP contribution < -0.4 is 17.0 Å². The van der Waals surface area contributed by atoms with Gasteiger partial charge in [-0.15, -0.1) is 23.1 Å². The van der Waals surface area contributed by atoms with Crippen molar-refractivity contribution in [1.29, 1.82) is 0 Å². The van der Waals surface area contributed by atoms with Gasteiger partial charge in [-0.3, -0.25) is 10.2 Å². The third-order valence-corrected chi connectivity index (χ3v) is 4.42. The van der Waals surface area contributed by atoms with E-state index in [2.05, 4.69) is 10.4 Å². The van der Waals surface area contributed by atoms with Crippen molar-refractivity contribution >= 4 is 34.7 Å². The second-order valence-electron chi connectivity index (χ2n) is 3.95. The van der Waals surface area contributed by atoms with Crippen molar-refractivity contribution in [2.75, 3.05) is 5.73 Å². The van der Waals surface area contributed by atoms with Crippen LogP contribution in [0.3, 0.4) is 0 Å². The van der Waals surface area contributed by atoms with E-state index in [0.29, 0.717) is 10.8 Å². The molecule has 5 nitrogen and oxygen atoms in total. The Morgan fingerprint density at radius 2 is 2.32 bits per heavy atom. The first-order chi connectivity index (χ1) is 9.10. The fourth-order valence-corrected chi connectivity index (χ4v) is 3.24. The lowest BCUT2D eigenvalue weighted by Gasteiger charge is -2.05. The number of aromatic nitrogens is 1. The quantitative estimate of drug-likeness (QED) is 0.263. The van der Waals surface area contributed by atoms with Crippen LogP contribution in [-0.2, 0) is 5.75 Å². The van der Waals surface area contributed by atoms with E-state index in [9.17, 15) is 4.79 Å². The van der Waals surface area contributed by atoms with Crippen molar-refractivity contribution in [3.63, 3.8) is 0 Å². The predicted molar refractivity (Wildman–Crippen MR) is 78.9 cm³/mol. The van der Waals surface area contributed by atoms with Gasteiger partial charge in [0.25, 0.3) is 5.91 Å². The van der Waals surface area contributed by atoms with Crippen molar-refractivity contribution in [3.05, 3.63) is 39.8 Å². The van der Waals surface area contributed by atoms with Crippen LogP contribution in [0.1, 0.15) is 21.1 Å². The number of anilines is 1. The van der Waals surface area contributed by atoms with Gasteiger partial charge in [0.1, 0.15) is 0 Å². The summed E-state index contributed by atoms with van der Waals surface area (Å²) >= 11 is 2.88. The van der Waals surface area contributed by atoms with Crippen molar-refractivity contribution in [3.8, 4) is 0 Å². The molecule has 0 aliphatic heterocycles. The Kier molecular flexibility index (Phi) is 4.41. The standard InChI is InChI=1S/C12H14N4OS2/c1-7-2-3-9(13)10(4-7)18-5-8-6-19-12(15-8)11(17)16-14/h2-4,6H,5,13-14H2,1H3,(H,16,17). The molecule has 0 atom stereocenters. The van der Waals surface area contributed by atoms with Crippen LogP contribution in [0.15, 0.2) is 28.5 Å². The summed E-state index contributed by atoms with van der Waals surface area (Å²) < 4.78 is 0. The van der Waals surface area contributed by atoms with Gasteiger partial charge in [0.15, 0.2) is 5.01 Å². The molecule has 1 amide bonds. The summed E-state index contributed by atoms with van der Waals surface area (Å²) in [5, 5.41) is 2.22. The van der Waals surface area contributed by atoms with Gasteiger partial charge in [-0.25, -0.2) is 10.8 Å². The SMILES string of the molecule is Cc1ccc(N)c(SCc2csc(C(=O)NN)n2)c1. The maximum atomic E-state index is 11.3. The number of nitrogens with one attached hydrogen (secondary N) is 1. The molecule has 1 aromatic carbocycles. The predicted octanol–water partition coefficient (Wildman–Crippen LogP) is 1.93. The van der Waals surface area contributed by atoms with E-state index < -0.39 is 0 Å². The van der Waals surface area contributed by atoms with E-state index in [0.717, 1.165) is 21.8 Å². The minimum Gasteiger partial charge on any atom is -0.398 e. The third kappa shape index (κ3) is 3.46. The lowest BCUT2D eigenvalue weighted by Crippen LogP contribution is -2.29. The van der Waals surface area contributed by atoms with Gasteiger partial charge < -0.3 is 5.73 Å². The highest BCUT2D eigenvalue weighted by molar-refractivity contribution is 7.98. The normalized spacial score (nSPS) is 10.4. The summed E-state index contributed by atoms with van der Waals surface area (Å²) in [5.74, 6) is 5.36. The minimum absolute atomic E-state index is 0.365. The third-order valence-electron chi connectivity index (χ3n) is 2.42. The Bertz CT molecular complexity index is 597. The first-order valence-corrected chi connectivity index (χ1v) is 7.41. The van der Waals surface area contributed by atoms with Gasteiger partial charge in [-0.2, -0.15) is 0 Å². The zero-order valence-electron chi connectivity index (χ0n) is 10.3. The van der Waals surface area contributed by atoms with Crippen LogP contribution in [0.25, 0.3) is 0 Å². The van der Waals surface area contributed by atoms with Crippen LogP contribution in [0.2, 0.25) is 0 Å². The highest BCUT2D eigenvalue weighted by Gasteiger charge is 2.10. The minimum atomic E-state index is -0.365. The van der Waals surface area contributed by atoms with Crippen LogP contribution in [0.4, 0.5) is 5.69 Å². The zero-order valence-corrected chi connectivity index (χ0v) is 12.0. The van der Waals surface area contributed by atoms with E-state index in [1.807, 2.05) is 30.5 Å². The molecule has 0 unspecified atom stereocenters. The van der Waals surface area contributed by atoms with Crippen LogP contribution in [0, 0.1) is 6.92 Å². The highest BCUT2D eigenvalue weighted by Crippen LogP contribution is 2.29.